The number of rotatable bonds is 5. The highest BCUT2D eigenvalue weighted by molar-refractivity contribution is 5.83. The fourth-order valence-electron chi connectivity index (χ4n) is 2.33. The van der Waals surface area contributed by atoms with Crippen LogP contribution in [-0.2, 0) is 9.47 Å². The highest BCUT2D eigenvalue weighted by atomic mass is 19.4. The predicted octanol–water partition coefficient (Wildman–Crippen LogP) is 4.49. The van der Waals surface area contributed by atoms with Crippen molar-refractivity contribution in [3.8, 4) is 0 Å². The van der Waals surface area contributed by atoms with Crippen LogP contribution in [0.1, 0.15) is 18.1 Å². The van der Waals surface area contributed by atoms with Crippen LogP contribution in [0.4, 0.5) is 13.2 Å². The monoisotopic (exact) mass is 298 g/mol. The van der Waals surface area contributed by atoms with Crippen LogP contribution in [0.15, 0.2) is 42.5 Å². The number of benzene rings is 2. The van der Waals surface area contributed by atoms with E-state index >= 15 is 0 Å². The van der Waals surface area contributed by atoms with Crippen LogP contribution in [0.3, 0.4) is 0 Å². The molecule has 5 heteroatoms. The van der Waals surface area contributed by atoms with Gasteiger partial charge in [0, 0.05) is 20.6 Å². The maximum absolute atomic E-state index is 12.8. The number of alkyl halides is 3. The van der Waals surface area contributed by atoms with Crippen molar-refractivity contribution in [3.63, 3.8) is 0 Å². The first-order chi connectivity index (χ1) is 9.95. The number of halogens is 3. The van der Waals surface area contributed by atoms with Gasteiger partial charge in [-0.2, -0.15) is 13.2 Å². The molecule has 0 saturated heterocycles. The zero-order valence-electron chi connectivity index (χ0n) is 11.9. The summed E-state index contributed by atoms with van der Waals surface area (Å²) in [7, 11) is 2.47. The summed E-state index contributed by atoms with van der Waals surface area (Å²) in [5.41, 5.74) is 0.711. The van der Waals surface area contributed by atoms with Crippen LogP contribution in [0.5, 0.6) is 0 Å². The van der Waals surface area contributed by atoms with Gasteiger partial charge in [-0.25, -0.2) is 0 Å². The van der Waals surface area contributed by atoms with Gasteiger partial charge in [0.05, 0.1) is 6.10 Å². The lowest BCUT2D eigenvalue weighted by Gasteiger charge is -2.24. The Kier molecular flexibility index (Phi) is 4.85. The first kappa shape index (κ1) is 15.8. The molecule has 0 N–H and O–H groups in total. The molecule has 0 aliphatic heterocycles. The van der Waals surface area contributed by atoms with Gasteiger partial charge in [0.2, 0.25) is 0 Å². The van der Waals surface area contributed by atoms with E-state index in [1.807, 2.05) is 36.4 Å². The van der Waals surface area contributed by atoms with Crippen molar-refractivity contribution < 1.29 is 22.6 Å². The first-order valence-electron chi connectivity index (χ1n) is 6.56. The van der Waals surface area contributed by atoms with E-state index in [4.69, 9.17) is 4.74 Å². The average molecular weight is 298 g/mol. The molecule has 0 spiro atoms. The standard InChI is InChI=1S/C16H17F3O2/c1-20-14(10-15(21-2)16(17,18)19)13-8-7-11-5-3-4-6-12(11)9-13/h3-9,14-15H,10H2,1-2H3. The Morgan fingerprint density at radius 2 is 1.62 bits per heavy atom. The van der Waals surface area contributed by atoms with Crippen LogP contribution in [0, 0.1) is 0 Å². The van der Waals surface area contributed by atoms with Gasteiger partial charge in [0.1, 0.15) is 0 Å². The Morgan fingerprint density at radius 3 is 2.19 bits per heavy atom. The smallest absolute Gasteiger partial charge is 0.377 e. The van der Waals surface area contributed by atoms with Gasteiger partial charge < -0.3 is 9.47 Å². The summed E-state index contributed by atoms with van der Waals surface area (Å²) in [4.78, 5) is 0. The van der Waals surface area contributed by atoms with Crippen molar-refractivity contribution in [2.75, 3.05) is 14.2 Å². The molecule has 0 aliphatic carbocycles. The summed E-state index contributed by atoms with van der Waals surface area (Å²) >= 11 is 0. The number of ether oxygens (including phenoxy) is 2. The number of hydrogen-bond acceptors (Lipinski definition) is 2. The normalized spacial score (nSPS) is 15.1. The van der Waals surface area contributed by atoms with E-state index < -0.39 is 18.4 Å². The van der Waals surface area contributed by atoms with E-state index in [1.165, 1.54) is 7.11 Å². The Bertz CT molecular complexity index is 595. The quantitative estimate of drug-likeness (QED) is 0.809. The second-order valence-corrected chi connectivity index (χ2v) is 4.83. The highest BCUT2D eigenvalue weighted by Gasteiger charge is 2.41. The Labute approximate surface area is 121 Å². The van der Waals surface area contributed by atoms with Gasteiger partial charge in [-0.05, 0) is 22.4 Å². The van der Waals surface area contributed by atoms with E-state index in [2.05, 4.69) is 4.74 Å². The molecule has 2 aromatic rings. The maximum atomic E-state index is 12.8. The van der Waals surface area contributed by atoms with Gasteiger partial charge in [-0.1, -0.05) is 36.4 Å². The SMILES string of the molecule is COC(CC(OC)C(F)(F)F)c1ccc2ccccc2c1. The van der Waals surface area contributed by atoms with E-state index in [0.29, 0.717) is 5.56 Å². The van der Waals surface area contributed by atoms with Crippen molar-refractivity contribution in [1.29, 1.82) is 0 Å². The van der Waals surface area contributed by atoms with Gasteiger partial charge >= 0.3 is 6.18 Å². The predicted molar refractivity (Wildman–Crippen MR) is 75.2 cm³/mol. The molecule has 0 saturated carbocycles. The third-order valence-electron chi connectivity index (χ3n) is 3.51. The van der Waals surface area contributed by atoms with E-state index in [0.717, 1.165) is 17.9 Å². The van der Waals surface area contributed by atoms with E-state index in [9.17, 15) is 13.2 Å². The molecular weight excluding hydrogens is 281 g/mol. The number of methoxy groups -OCH3 is 2. The van der Waals surface area contributed by atoms with Crippen LogP contribution in [0.2, 0.25) is 0 Å². The molecule has 0 radical (unpaired) electrons. The highest BCUT2D eigenvalue weighted by Crippen LogP contribution is 2.32. The molecule has 2 rings (SSSR count). The molecule has 0 heterocycles. The van der Waals surface area contributed by atoms with Gasteiger partial charge in [-0.3, -0.25) is 0 Å². The summed E-state index contributed by atoms with van der Waals surface area (Å²) in [6.45, 7) is 0. The third-order valence-corrected chi connectivity index (χ3v) is 3.51. The fourth-order valence-corrected chi connectivity index (χ4v) is 2.33. The van der Waals surface area contributed by atoms with Crippen LogP contribution in [-0.4, -0.2) is 26.5 Å². The lowest BCUT2D eigenvalue weighted by Crippen LogP contribution is -2.32. The molecule has 2 unspecified atom stereocenters. The lowest BCUT2D eigenvalue weighted by molar-refractivity contribution is -0.221. The average Bonchev–Trinajstić information content (AvgIpc) is 2.46. The molecule has 0 fully saturated rings. The molecule has 21 heavy (non-hydrogen) atoms. The van der Waals surface area contributed by atoms with Crippen molar-refractivity contribution in [2.24, 2.45) is 0 Å². The lowest BCUT2D eigenvalue weighted by atomic mass is 9.99. The summed E-state index contributed by atoms with van der Waals surface area (Å²) < 4.78 is 48.2. The molecule has 2 atom stereocenters. The van der Waals surface area contributed by atoms with Gasteiger partial charge in [0.15, 0.2) is 6.10 Å². The van der Waals surface area contributed by atoms with Gasteiger partial charge in [-0.15, -0.1) is 0 Å². The Hall–Kier alpha value is -1.59. The van der Waals surface area contributed by atoms with E-state index in [-0.39, 0.29) is 6.42 Å². The molecule has 0 bridgehead atoms. The van der Waals surface area contributed by atoms with Crippen molar-refractivity contribution >= 4 is 10.8 Å². The minimum atomic E-state index is -4.40. The van der Waals surface area contributed by atoms with E-state index in [1.54, 1.807) is 6.07 Å². The topological polar surface area (TPSA) is 18.5 Å². The molecule has 2 aromatic carbocycles. The van der Waals surface area contributed by atoms with Crippen molar-refractivity contribution in [2.45, 2.75) is 24.8 Å². The largest absolute Gasteiger partial charge is 0.414 e. The Morgan fingerprint density at radius 1 is 0.952 bits per heavy atom. The minimum absolute atomic E-state index is 0.269. The van der Waals surface area contributed by atoms with Crippen molar-refractivity contribution in [3.05, 3.63) is 48.0 Å². The van der Waals surface area contributed by atoms with Crippen LogP contribution >= 0.6 is 0 Å². The molecule has 0 aromatic heterocycles. The molecular formula is C16H17F3O2. The summed E-state index contributed by atoms with van der Waals surface area (Å²) in [5.74, 6) is 0. The number of hydrogen-bond donors (Lipinski definition) is 0. The maximum Gasteiger partial charge on any atom is 0.414 e. The first-order valence-corrected chi connectivity index (χ1v) is 6.56. The molecule has 114 valence electrons. The Balaban J connectivity index is 2.26. The zero-order valence-corrected chi connectivity index (χ0v) is 11.9. The molecule has 2 nitrogen and oxygen atoms in total. The zero-order chi connectivity index (χ0) is 15.5. The second-order valence-electron chi connectivity index (χ2n) is 4.83. The molecule has 0 amide bonds. The van der Waals surface area contributed by atoms with Crippen LogP contribution in [0.25, 0.3) is 10.8 Å². The van der Waals surface area contributed by atoms with Crippen LogP contribution < -0.4 is 0 Å². The van der Waals surface area contributed by atoms with Crippen molar-refractivity contribution in [1.82, 2.24) is 0 Å². The number of fused-ring (bicyclic) bond motifs is 1. The minimum Gasteiger partial charge on any atom is -0.377 e. The summed E-state index contributed by atoms with van der Waals surface area (Å²) in [6.07, 6.45) is -7.17. The third kappa shape index (κ3) is 3.74. The second kappa shape index (κ2) is 6.45. The fraction of sp³-hybridized carbons (Fsp3) is 0.375. The summed E-state index contributed by atoms with van der Waals surface area (Å²) in [6, 6.07) is 13.2. The van der Waals surface area contributed by atoms with Gasteiger partial charge in [0.25, 0.3) is 0 Å². The molecule has 0 aliphatic rings. The summed E-state index contributed by atoms with van der Waals surface area (Å²) in [5, 5.41) is 2.01.